The Morgan fingerprint density at radius 1 is 1.09 bits per heavy atom. The average molecular weight is 439 g/mol. The number of rotatable bonds is 9. The molecule has 3 rings (SSSR count). The van der Waals surface area contributed by atoms with Crippen LogP contribution < -0.4 is 15.4 Å². The molecule has 166 valence electrons. The highest BCUT2D eigenvalue weighted by Gasteiger charge is 2.16. The van der Waals surface area contributed by atoms with E-state index < -0.39 is 10.8 Å². The molecule has 0 bridgehead atoms. The van der Waals surface area contributed by atoms with Gasteiger partial charge in [0.25, 0.3) is 11.6 Å². The highest BCUT2D eigenvalue weighted by Crippen LogP contribution is 2.20. The van der Waals surface area contributed by atoms with Gasteiger partial charge < -0.3 is 19.9 Å². The Morgan fingerprint density at radius 3 is 2.50 bits per heavy atom. The third-order valence-corrected chi connectivity index (χ3v) is 4.38. The average Bonchev–Trinajstić information content (AvgIpc) is 3.26. The van der Waals surface area contributed by atoms with Gasteiger partial charge in [-0.05, 0) is 37.6 Å². The first-order valence-electron chi connectivity index (χ1n) is 9.67. The van der Waals surface area contributed by atoms with E-state index in [9.17, 15) is 19.7 Å². The maximum absolute atomic E-state index is 12.1. The van der Waals surface area contributed by atoms with Gasteiger partial charge in [0.1, 0.15) is 5.75 Å². The summed E-state index contributed by atoms with van der Waals surface area (Å²) in [5.74, 6) is -0.423. The number of nitro benzene ring substituents is 1. The molecule has 1 heterocycles. The maximum atomic E-state index is 12.1. The third kappa shape index (κ3) is 5.88. The van der Waals surface area contributed by atoms with Crippen molar-refractivity contribution in [3.8, 4) is 17.1 Å². The fourth-order valence-electron chi connectivity index (χ4n) is 2.77. The SMILES string of the molecule is Cc1ccc(OCC(=O)NCCNC(=O)c2nc(-c3ccc([N+](=O)[O-])cc3)no2)c(C)c1. The third-order valence-electron chi connectivity index (χ3n) is 4.38. The molecule has 2 amide bonds. The van der Waals surface area contributed by atoms with Crippen LogP contribution in [-0.4, -0.2) is 46.6 Å². The summed E-state index contributed by atoms with van der Waals surface area (Å²) in [6.45, 7) is 4.07. The molecular weight excluding hydrogens is 418 g/mol. The summed E-state index contributed by atoms with van der Waals surface area (Å²) < 4.78 is 10.4. The zero-order valence-corrected chi connectivity index (χ0v) is 17.5. The van der Waals surface area contributed by atoms with Gasteiger partial charge in [-0.1, -0.05) is 22.9 Å². The van der Waals surface area contributed by atoms with Crippen molar-refractivity contribution in [3.05, 3.63) is 69.6 Å². The van der Waals surface area contributed by atoms with E-state index in [0.717, 1.165) is 11.1 Å². The van der Waals surface area contributed by atoms with Crippen LogP contribution in [-0.2, 0) is 4.79 Å². The molecule has 0 fully saturated rings. The summed E-state index contributed by atoms with van der Waals surface area (Å²) in [5, 5.41) is 19.6. The number of benzene rings is 2. The molecule has 2 N–H and O–H groups in total. The van der Waals surface area contributed by atoms with Crippen LogP contribution in [0.3, 0.4) is 0 Å². The van der Waals surface area contributed by atoms with E-state index in [1.165, 1.54) is 24.3 Å². The fraction of sp³-hybridized carbons (Fsp3) is 0.238. The molecule has 0 radical (unpaired) electrons. The number of non-ortho nitro benzene ring substituents is 1. The summed E-state index contributed by atoms with van der Waals surface area (Å²) in [7, 11) is 0. The Bertz CT molecular complexity index is 1130. The van der Waals surface area contributed by atoms with Crippen LogP contribution in [0.5, 0.6) is 5.75 Å². The van der Waals surface area contributed by atoms with Gasteiger partial charge >= 0.3 is 11.8 Å². The molecule has 0 aliphatic carbocycles. The van der Waals surface area contributed by atoms with Crippen LogP contribution in [0, 0.1) is 24.0 Å². The van der Waals surface area contributed by atoms with Crippen LogP contribution in [0.4, 0.5) is 5.69 Å². The molecule has 0 spiro atoms. The number of nitro groups is 1. The lowest BCUT2D eigenvalue weighted by molar-refractivity contribution is -0.384. The minimum Gasteiger partial charge on any atom is -0.484 e. The van der Waals surface area contributed by atoms with E-state index in [1.807, 2.05) is 32.0 Å². The largest absolute Gasteiger partial charge is 0.484 e. The van der Waals surface area contributed by atoms with E-state index in [-0.39, 0.29) is 43.0 Å². The van der Waals surface area contributed by atoms with Gasteiger partial charge in [-0.25, -0.2) is 0 Å². The molecule has 3 aromatic rings. The van der Waals surface area contributed by atoms with Crippen molar-refractivity contribution in [1.82, 2.24) is 20.8 Å². The van der Waals surface area contributed by atoms with Crippen LogP contribution in [0.2, 0.25) is 0 Å². The second-order valence-electron chi connectivity index (χ2n) is 6.89. The van der Waals surface area contributed by atoms with Crippen LogP contribution in [0.1, 0.15) is 21.8 Å². The summed E-state index contributed by atoms with van der Waals surface area (Å²) in [5.41, 5.74) is 2.44. The van der Waals surface area contributed by atoms with Gasteiger partial charge in [0, 0.05) is 30.8 Å². The first kappa shape index (κ1) is 22.4. The van der Waals surface area contributed by atoms with Crippen molar-refractivity contribution in [3.63, 3.8) is 0 Å². The molecule has 0 unspecified atom stereocenters. The first-order valence-corrected chi connectivity index (χ1v) is 9.67. The highest BCUT2D eigenvalue weighted by atomic mass is 16.6. The van der Waals surface area contributed by atoms with Crippen molar-refractivity contribution < 1.29 is 23.8 Å². The first-order chi connectivity index (χ1) is 15.3. The molecule has 11 heteroatoms. The molecule has 0 aliphatic heterocycles. The second-order valence-corrected chi connectivity index (χ2v) is 6.89. The van der Waals surface area contributed by atoms with Crippen LogP contribution in [0.15, 0.2) is 47.0 Å². The number of hydrogen-bond donors (Lipinski definition) is 2. The predicted molar refractivity (Wildman–Crippen MR) is 113 cm³/mol. The lowest BCUT2D eigenvalue weighted by atomic mass is 10.1. The summed E-state index contributed by atoms with van der Waals surface area (Å²) in [6, 6.07) is 11.2. The van der Waals surface area contributed by atoms with E-state index >= 15 is 0 Å². The number of amides is 2. The van der Waals surface area contributed by atoms with E-state index in [4.69, 9.17) is 9.26 Å². The Kier molecular flexibility index (Phi) is 7.11. The molecule has 0 atom stereocenters. The van der Waals surface area contributed by atoms with Gasteiger partial charge in [0.15, 0.2) is 6.61 Å². The maximum Gasteiger partial charge on any atom is 0.316 e. The summed E-state index contributed by atoms with van der Waals surface area (Å²) in [4.78, 5) is 38.2. The summed E-state index contributed by atoms with van der Waals surface area (Å²) >= 11 is 0. The topological polar surface area (TPSA) is 149 Å². The zero-order valence-electron chi connectivity index (χ0n) is 17.5. The van der Waals surface area contributed by atoms with E-state index in [1.54, 1.807) is 0 Å². The molecule has 1 aromatic heterocycles. The van der Waals surface area contributed by atoms with Crippen molar-refractivity contribution in [2.24, 2.45) is 0 Å². The standard InChI is InChI=1S/C21H21N5O6/c1-13-3-8-17(14(2)11-13)31-12-18(27)22-9-10-23-20(28)21-24-19(25-32-21)15-4-6-16(7-5-15)26(29)30/h3-8,11H,9-10,12H2,1-2H3,(H,22,27)(H,23,28). The van der Waals surface area contributed by atoms with Gasteiger partial charge in [0.2, 0.25) is 5.82 Å². The normalized spacial score (nSPS) is 10.4. The second kappa shape index (κ2) is 10.2. The summed E-state index contributed by atoms with van der Waals surface area (Å²) in [6.07, 6.45) is 0. The molecule has 32 heavy (non-hydrogen) atoms. The van der Waals surface area contributed by atoms with Crippen molar-refractivity contribution in [2.75, 3.05) is 19.7 Å². The fourth-order valence-corrected chi connectivity index (χ4v) is 2.77. The lowest BCUT2D eigenvalue weighted by Gasteiger charge is -2.10. The van der Waals surface area contributed by atoms with E-state index in [0.29, 0.717) is 11.3 Å². The quantitative estimate of drug-likeness (QED) is 0.293. The number of carbonyl (C=O) groups excluding carboxylic acids is 2. The number of carbonyl (C=O) groups is 2. The van der Waals surface area contributed by atoms with Gasteiger partial charge in [-0.15, -0.1) is 0 Å². The smallest absolute Gasteiger partial charge is 0.316 e. The Labute approximate surface area is 182 Å². The van der Waals surface area contributed by atoms with Crippen molar-refractivity contribution in [2.45, 2.75) is 13.8 Å². The lowest BCUT2D eigenvalue weighted by Crippen LogP contribution is -2.36. The number of aromatic nitrogens is 2. The monoisotopic (exact) mass is 439 g/mol. The molecule has 11 nitrogen and oxygen atoms in total. The Balaban J connectivity index is 1.41. The van der Waals surface area contributed by atoms with Crippen LogP contribution in [0.25, 0.3) is 11.4 Å². The van der Waals surface area contributed by atoms with Crippen LogP contribution >= 0.6 is 0 Å². The minimum atomic E-state index is -0.605. The van der Waals surface area contributed by atoms with Crippen molar-refractivity contribution >= 4 is 17.5 Å². The molecule has 2 aromatic carbocycles. The van der Waals surface area contributed by atoms with Crippen molar-refractivity contribution in [1.29, 1.82) is 0 Å². The highest BCUT2D eigenvalue weighted by molar-refractivity contribution is 5.89. The van der Waals surface area contributed by atoms with E-state index in [2.05, 4.69) is 20.8 Å². The molecule has 0 aliphatic rings. The Hall–Kier alpha value is -4.28. The number of ether oxygens (including phenoxy) is 1. The predicted octanol–water partition coefficient (Wildman–Crippen LogP) is 2.19. The van der Waals surface area contributed by atoms with Gasteiger partial charge in [-0.2, -0.15) is 4.98 Å². The molecule has 0 saturated heterocycles. The number of hydrogen-bond acceptors (Lipinski definition) is 8. The zero-order chi connectivity index (χ0) is 23.1. The molecule has 0 saturated carbocycles. The Morgan fingerprint density at radius 2 is 1.81 bits per heavy atom. The van der Waals surface area contributed by atoms with Gasteiger partial charge in [-0.3, -0.25) is 19.7 Å². The number of aryl methyl sites for hydroxylation is 2. The number of nitrogens with one attached hydrogen (secondary N) is 2. The molecular formula is C21H21N5O6. The number of nitrogens with zero attached hydrogens (tertiary/aromatic N) is 3. The minimum absolute atomic E-state index is 0.0725. The van der Waals surface area contributed by atoms with Gasteiger partial charge in [0.05, 0.1) is 4.92 Å².